The third-order valence-electron chi connectivity index (χ3n) is 1.88. The molecule has 0 aliphatic rings. The van der Waals surface area contributed by atoms with Gasteiger partial charge >= 0.3 is 0 Å². The van der Waals surface area contributed by atoms with Crippen LogP contribution in [0, 0.1) is 3.77 Å². The monoisotopic (exact) mass is 341 g/mol. The summed E-state index contributed by atoms with van der Waals surface area (Å²) in [5.74, 6) is 0.275. The molecule has 0 fully saturated rings. The van der Waals surface area contributed by atoms with Gasteiger partial charge in [-0.05, 0) is 46.9 Å². The minimum atomic E-state index is -0.310. The number of nitrogens with zero attached hydrogens (tertiary/aromatic N) is 2. The van der Waals surface area contributed by atoms with Crippen LogP contribution in [-0.4, -0.2) is 17.1 Å². The van der Waals surface area contributed by atoms with Gasteiger partial charge in [-0.2, -0.15) is 5.10 Å². The predicted octanol–water partition coefficient (Wildman–Crippen LogP) is 2.04. The second-order valence-corrected chi connectivity index (χ2v) is 4.15. The summed E-state index contributed by atoms with van der Waals surface area (Å²) in [6.45, 7) is 0. The molecule has 0 atom stereocenters. The maximum absolute atomic E-state index is 11.5. The van der Waals surface area contributed by atoms with E-state index in [4.69, 9.17) is 4.42 Å². The van der Waals surface area contributed by atoms with Gasteiger partial charge in [-0.1, -0.05) is 0 Å². The summed E-state index contributed by atoms with van der Waals surface area (Å²) in [6.07, 6.45) is 4.52. The van der Waals surface area contributed by atoms with E-state index >= 15 is 0 Å². The number of nitrogens with one attached hydrogen (secondary N) is 1. The second-order valence-electron chi connectivity index (χ2n) is 3.08. The maximum Gasteiger partial charge on any atom is 0.272 e. The highest BCUT2D eigenvalue weighted by Gasteiger charge is 2.02. The lowest BCUT2D eigenvalue weighted by Gasteiger charge is -1.97. The smallest absolute Gasteiger partial charge is 0.272 e. The van der Waals surface area contributed by atoms with Gasteiger partial charge in [0.05, 0.1) is 11.8 Å². The molecule has 6 heteroatoms. The summed E-state index contributed by atoms with van der Waals surface area (Å²) in [4.78, 5) is 15.4. The zero-order chi connectivity index (χ0) is 12.1. The van der Waals surface area contributed by atoms with E-state index < -0.39 is 0 Å². The van der Waals surface area contributed by atoms with E-state index in [1.165, 1.54) is 12.4 Å². The molecule has 2 aromatic rings. The topological polar surface area (TPSA) is 67.5 Å². The number of carbonyl (C=O) groups excluding carboxylic acids is 1. The Morgan fingerprint density at radius 2 is 2.35 bits per heavy atom. The van der Waals surface area contributed by atoms with Gasteiger partial charge in [0.1, 0.15) is 5.76 Å². The number of pyridine rings is 1. The number of carbonyl (C=O) groups is 1. The van der Waals surface area contributed by atoms with Crippen LogP contribution in [0.2, 0.25) is 0 Å². The van der Waals surface area contributed by atoms with Gasteiger partial charge in [0.25, 0.3) is 5.91 Å². The molecule has 1 amide bonds. The van der Waals surface area contributed by atoms with Crippen LogP contribution in [0.15, 0.2) is 46.2 Å². The molecule has 17 heavy (non-hydrogen) atoms. The minimum absolute atomic E-state index is 0.310. The fourth-order valence-corrected chi connectivity index (χ4v) is 1.55. The molecule has 1 N–H and O–H groups in total. The largest absolute Gasteiger partial charge is 0.449 e. The maximum atomic E-state index is 11.5. The molecular weight excluding hydrogens is 333 g/mol. The lowest BCUT2D eigenvalue weighted by Crippen LogP contribution is -2.17. The van der Waals surface area contributed by atoms with Crippen molar-refractivity contribution in [3.63, 3.8) is 0 Å². The number of amides is 1. The zero-order valence-corrected chi connectivity index (χ0v) is 10.8. The first kappa shape index (κ1) is 11.8. The molecule has 0 aliphatic heterocycles. The minimum Gasteiger partial charge on any atom is -0.449 e. The van der Waals surface area contributed by atoms with Gasteiger partial charge in [-0.3, -0.25) is 9.78 Å². The lowest BCUT2D eigenvalue weighted by molar-refractivity contribution is 0.0955. The Morgan fingerprint density at radius 3 is 3.00 bits per heavy atom. The number of aromatic nitrogens is 1. The van der Waals surface area contributed by atoms with Crippen molar-refractivity contribution in [2.75, 3.05) is 0 Å². The number of furan rings is 1. The molecule has 0 spiro atoms. The molecule has 86 valence electrons. The molecule has 0 aliphatic carbocycles. The highest BCUT2D eigenvalue weighted by molar-refractivity contribution is 14.1. The lowest BCUT2D eigenvalue weighted by atomic mass is 10.3. The molecule has 0 bridgehead atoms. The van der Waals surface area contributed by atoms with Crippen molar-refractivity contribution in [1.29, 1.82) is 0 Å². The quantitative estimate of drug-likeness (QED) is 0.528. The number of hydrogen-bond acceptors (Lipinski definition) is 4. The molecule has 0 saturated carbocycles. The van der Waals surface area contributed by atoms with E-state index in [0.29, 0.717) is 11.3 Å². The first-order valence-corrected chi connectivity index (χ1v) is 5.82. The van der Waals surface area contributed by atoms with Crippen LogP contribution >= 0.6 is 22.6 Å². The Kier molecular flexibility index (Phi) is 3.86. The summed E-state index contributed by atoms with van der Waals surface area (Å²) in [5.41, 5.74) is 2.84. The van der Waals surface area contributed by atoms with Gasteiger partial charge in [-0.25, -0.2) is 5.43 Å². The van der Waals surface area contributed by atoms with Crippen molar-refractivity contribution in [1.82, 2.24) is 10.4 Å². The van der Waals surface area contributed by atoms with Gasteiger partial charge in [0.15, 0.2) is 3.77 Å². The summed E-state index contributed by atoms with van der Waals surface area (Å²) < 4.78 is 6.01. The standard InChI is InChI=1S/C11H8IN3O2/c12-10-4-3-9(17-10)7-14-15-11(16)8-2-1-5-13-6-8/h1-7H,(H,15,16)/b14-7+. The number of halogens is 1. The molecule has 2 heterocycles. The fraction of sp³-hybridized carbons (Fsp3) is 0. The van der Waals surface area contributed by atoms with Crippen LogP contribution in [0.1, 0.15) is 16.1 Å². The van der Waals surface area contributed by atoms with Crippen molar-refractivity contribution in [3.8, 4) is 0 Å². The average Bonchev–Trinajstić information content (AvgIpc) is 2.76. The van der Waals surface area contributed by atoms with Crippen molar-refractivity contribution in [2.24, 2.45) is 5.10 Å². The average molecular weight is 341 g/mol. The number of hydrogen-bond donors (Lipinski definition) is 1. The Bertz CT molecular complexity index is 537. The highest BCUT2D eigenvalue weighted by atomic mass is 127. The second kappa shape index (κ2) is 5.58. The first-order valence-electron chi connectivity index (χ1n) is 4.74. The van der Waals surface area contributed by atoms with Crippen molar-refractivity contribution in [2.45, 2.75) is 0 Å². The fourth-order valence-electron chi connectivity index (χ4n) is 1.11. The number of rotatable bonds is 3. The highest BCUT2D eigenvalue weighted by Crippen LogP contribution is 2.07. The van der Waals surface area contributed by atoms with E-state index in [2.05, 4.69) is 38.1 Å². The van der Waals surface area contributed by atoms with Crippen LogP contribution in [0.25, 0.3) is 0 Å². The van der Waals surface area contributed by atoms with Gasteiger partial charge in [0.2, 0.25) is 0 Å². The van der Waals surface area contributed by atoms with E-state index in [9.17, 15) is 4.79 Å². The Balaban J connectivity index is 1.95. The van der Waals surface area contributed by atoms with Crippen LogP contribution < -0.4 is 5.43 Å². The summed E-state index contributed by atoms with van der Waals surface area (Å²) in [6, 6.07) is 6.92. The van der Waals surface area contributed by atoms with Crippen molar-refractivity contribution < 1.29 is 9.21 Å². The van der Waals surface area contributed by atoms with Gasteiger partial charge in [-0.15, -0.1) is 0 Å². The molecule has 2 aromatic heterocycles. The zero-order valence-electron chi connectivity index (χ0n) is 8.63. The van der Waals surface area contributed by atoms with E-state index in [1.807, 2.05) is 6.07 Å². The van der Waals surface area contributed by atoms with Crippen LogP contribution in [0.3, 0.4) is 0 Å². The SMILES string of the molecule is O=C(N/N=C/c1ccc(I)o1)c1cccnc1. The number of hydrazone groups is 1. The first-order chi connectivity index (χ1) is 8.25. The van der Waals surface area contributed by atoms with E-state index in [1.54, 1.807) is 24.4 Å². The van der Waals surface area contributed by atoms with Crippen molar-refractivity contribution >= 4 is 34.7 Å². The Labute approximate surface area is 111 Å². The van der Waals surface area contributed by atoms with E-state index in [0.717, 1.165) is 3.77 Å². The Hall–Kier alpha value is -1.70. The molecule has 0 radical (unpaired) electrons. The van der Waals surface area contributed by atoms with Crippen LogP contribution in [0.5, 0.6) is 0 Å². The third kappa shape index (κ3) is 3.38. The van der Waals surface area contributed by atoms with Crippen LogP contribution in [0.4, 0.5) is 0 Å². The Morgan fingerprint density at radius 1 is 1.47 bits per heavy atom. The van der Waals surface area contributed by atoms with Crippen molar-refractivity contribution in [3.05, 3.63) is 51.7 Å². The predicted molar refractivity (Wildman–Crippen MR) is 70.7 cm³/mol. The molecule has 0 aromatic carbocycles. The molecule has 2 rings (SSSR count). The molecule has 5 nitrogen and oxygen atoms in total. The third-order valence-corrected chi connectivity index (χ3v) is 2.46. The van der Waals surface area contributed by atoms with Gasteiger partial charge < -0.3 is 4.42 Å². The summed E-state index contributed by atoms with van der Waals surface area (Å²) in [7, 11) is 0. The van der Waals surface area contributed by atoms with E-state index in [-0.39, 0.29) is 5.91 Å². The summed E-state index contributed by atoms with van der Waals surface area (Å²) >= 11 is 2.05. The normalized spacial score (nSPS) is 10.6. The molecule has 0 unspecified atom stereocenters. The molecular formula is C11H8IN3O2. The van der Waals surface area contributed by atoms with Crippen LogP contribution in [-0.2, 0) is 0 Å². The summed E-state index contributed by atoms with van der Waals surface area (Å²) in [5, 5.41) is 3.78. The molecule has 0 saturated heterocycles. The van der Waals surface area contributed by atoms with Gasteiger partial charge in [0, 0.05) is 12.4 Å².